The molecule has 19 heavy (non-hydrogen) atoms. The van der Waals surface area contributed by atoms with Crippen molar-refractivity contribution >= 4 is 11.7 Å². The van der Waals surface area contributed by atoms with Crippen LogP contribution >= 0.6 is 0 Å². The molecule has 0 saturated heterocycles. The zero-order valence-electron chi connectivity index (χ0n) is 9.94. The minimum absolute atomic E-state index is 0.191. The van der Waals surface area contributed by atoms with Crippen molar-refractivity contribution in [3.63, 3.8) is 0 Å². The number of anilines is 1. The highest BCUT2D eigenvalue weighted by Gasteiger charge is 2.34. The molecule has 1 amide bonds. The Hall–Kier alpha value is -1.86. The second-order valence-corrected chi connectivity index (χ2v) is 4.49. The zero-order chi connectivity index (χ0) is 14.0. The van der Waals surface area contributed by atoms with Gasteiger partial charge in [0.05, 0.1) is 5.92 Å². The highest BCUT2D eigenvalue weighted by atomic mass is 19.4. The van der Waals surface area contributed by atoms with Crippen molar-refractivity contribution < 1.29 is 18.0 Å². The molecule has 1 heterocycles. The van der Waals surface area contributed by atoms with Crippen molar-refractivity contribution in [3.05, 3.63) is 17.8 Å². The van der Waals surface area contributed by atoms with E-state index in [0.717, 1.165) is 18.9 Å². The van der Waals surface area contributed by atoms with E-state index in [2.05, 4.69) is 15.5 Å². The number of halogens is 3. The van der Waals surface area contributed by atoms with Gasteiger partial charge in [-0.25, -0.2) is 0 Å². The number of hydrogen-bond donors (Lipinski definition) is 2. The molecule has 0 bridgehead atoms. The smallest absolute Gasteiger partial charge is 0.369 e. The van der Waals surface area contributed by atoms with Crippen LogP contribution in [0.25, 0.3) is 0 Å². The number of nitrogens with zero attached hydrogens (tertiary/aromatic N) is 2. The minimum atomic E-state index is -4.51. The second kappa shape index (κ2) is 5.02. The molecule has 1 fully saturated rings. The normalized spacial score (nSPS) is 23.3. The first-order valence-electron chi connectivity index (χ1n) is 5.84. The van der Waals surface area contributed by atoms with Gasteiger partial charge in [0.2, 0.25) is 5.91 Å². The molecule has 1 aromatic heterocycles. The Morgan fingerprint density at radius 3 is 2.58 bits per heavy atom. The van der Waals surface area contributed by atoms with E-state index in [4.69, 9.17) is 5.73 Å². The number of carbonyl (C=O) groups is 1. The third-order valence-electron chi connectivity index (χ3n) is 3.17. The van der Waals surface area contributed by atoms with E-state index in [9.17, 15) is 18.0 Å². The molecule has 1 aliphatic rings. The lowest BCUT2D eigenvalue weighted by molar-refractivity contribution is -0.141. The molecule has 2 rings (SSSR count). The molecular formula is C11H13F3N4O. The SMILES string of the molecule is NC(=O)C1CCCC1Nc1ccc(C(F)(F)F)nn1. The molecule has 3 N–H and O–H groups in total. The van der Waals surface area contributed by atoms with E-state index in [1.165, 1.54) is 6.07 Å². The van der Waals surface area contributed by atoms with Gasteiger partial charge in [0.25, 0.3) is 0 Å². The number of rotatable bonds is 3. The quantitative estimate of drug-likeness (QED) is 0.876. The predicted molar refractivity (Wildman–Crippen MR) is 61.0 cm³/mol. The van der Waals surface area contributed by atoms with Gasteiger partial charge in [-0.2, -0.15) is 13.2 Å². The third-order valence-corrected chi connectivity index (χ3v) is 3.17. The third kappa shape index (κ3) is 3.12. The molecule has 2 atom stereocenters. The summed E-state index contributed by atoms with van der Waals surface area (Å²) in [6, 6.07) is 1.86. The summed E-state index contributed by atoms with van der Waals surface area (Å²) in [5.41, 5.74) is 4.21. The van der Waals surface area contributed by atoms with Crippen LogP contribution < -0.4 is 11.1 Å². The van der Waals surface area contributed by atoms with Crippen molar-refractivity contribution in [1.29, 1.82) is 0 Å². The fraction of sp³-hybridized carbons (Fsp3) is 0.545. The Morgan fingerprint density at radius 2 is 2.05 bits per heavy atom. The first-order valence-corrected chi connectivity index (χ1v) is 5.84. The molecule has 5 nitrogen and oxygen atoms in total. The number of amides is 1. The first kappa shape index (κ1) is 13.6. The van der Waals surface area contributed by atoms with Crippen LogP contribution in [0.5, 0.6) is 0 Å². The molecule has 0 aliphatic heterocycles. The maximum Gasteiger partial charge on any atom is 0.435 e. The van der Waals surface area contributed by atoms with Gasteiger partial charge >= 0.3 is 6.18 Å². The van der Waals surface area contributed by atoms with Crippen molar-refractivity contribution in [1.82, 2.24) is 10.2 Å². The average molecular weight is 274 g/mol. The van der Waals surface area contributed by atoms with Crippen molar-refractivity contribution in [3.8, 4) is 0 Å². The van der Waals surface area contributed by atoms with Crippen molar-refractivity contribution in [2.75, 3.05) is 5.32 Å². The van der Waals surface area contributed by atoms with E-state index in [1.807, 2.05) is 0 Å². The van der Waals surface area contributed by atoms with Gasteiger partial charge in [0, 0.05) is 6.04 Å². The van der Waals surface area contributed by atoms with E-state index in [-0.39, 0.29) is 17.8 Å². The van der Waals surface area contributed by atoms with Crippen LogP contribution in [0.3, 0.4) is 0 Å². The van der Waals surface area contributed by atoms with E-state index in [0.29, 0.717) is 6.42 Å². The topological polar surface area (TPSA) is 80.9 Å². The maximum absolute atomic E-state index is 12.3. The fourth-order valence-electron chi connectivity index (χ4n) is 2.22. The number of nitrogens with one attached hydrogen (secondary N) is 1. The van der Waals surface area contributed by atoms with Crippen LogP contribution in [0.4, 0.5) is 19.0 Å². The fourth-order valence-corrected chi connectivity index (χ4v) is 2.22. The number of nitrogens with two attached hydrogens (primary N) is 1. The molecule has 0 spiro atoms. The molecule has 8 heteroatoms. The summed E-state index contributed by atoms with van der Waals surface area (Å²) in [6.45, 7) is 0. The molecule has 0 aromatic carbocycles. The molecule has 2 unspecified atom stereocenters. The Morgan fingerprint density at radius 1 is 1.32 bits per heavy atom. The Bertz CT molecular complexity index is 460. The van der Waals surface area contributed by atoms with Gasteiger partial charge in [-0.15, -0.1) is 10.2 Å². The molecule has 1 saturated carbocycles. The summed E-state index contributed by atoms with van der Waals surface area (Å²) >= 11 is 0. The number of alkyl halides is 3. The molecule has 1 aromatic rings. The second-order valence-electron chi connectivity index (χ2n) is 4.49. The number of primary amides is 1. The summed E-state index contributed by atoms with van der Waals surface area (Å²) in [4.78, 5) is 11.2. The number of aromatic nitrogens is 2. The van der Waals surface area contributed by atoms with Gasteiger partial charge in [-0.1, -0.05) is 6.42 Å². The maximum atomic E-state index is 12.3. The summed E-state index contributed by atoms with van der Waals surface area (Å²) in [6.07, 6.45) is -2.24. The number of carbonyl (C=O) groups excluding carboxylic acids is 1. The van der Waals surface area contributed by atoms with Crippen LogP contribution in [-0.4, -0.2) is 22.1 Å². The van der Waals surface area contributed by atoms with Crippen LogP contribution in [0.15, 0.2) is 12.1 Å². The van der Waals surface area contributed by atoms with Crippen LogP contribution in [-0.2, 0) is 11.0 Å². The van der Waals surface area contributed by atoms with E-state index < -0.39 is 17.8 Å². The van der Waals surface area contributed by atoms with Crippen LogP contribution in [0.1, 0.15) is 25.0 Å². The molecule has 0 radical (unpaired) electrons. The zero-order valence-corrected chi connectivity index (χ0v) is 9.94. The lowest BCUT2D eigenvalue weighted by Gasteiger charge is -2.18. The van der Waals surface area contributed by atoms with Crippen molar-refractivity contribution in [2.24, 2.45) is 11.7 Å². The van der Waals surface area contributed by atoms with Gasteiger partial charge in [0.15, 0.2) is 5.69 Å². The predicted octanol–water partition coefficient (Wildman–Crippen LogP) is 1.56. The van der Waals surface area contributed by atoms with Gasteiger partial charge in [0.1, 0.15) is 5.82 Å². The summed E-state index contributed by atoms with van der Waals surface area (Å²) in [7, 11) is 0. The Balaban J connectivity index is 2.06. The van der Waals surface area contributed by atoms with E-state index in [1.54, 1.807) is 0 Å². The van der Waals surface area contributed by atoms with Crippen LogP contribution in [0, 0.1) is 5.92 Å². The number of hydrogen-bond acceptors (Lipinski definition) is 4. The van der Waals surface area contributed by atoms with Crippen LogP contribution in [0.2, 0.25) is 0 Å². The summed E-state index contributed by atoms with van der Waals surface area (Å²) in [5.74, 6) is -0.509. The largest absolute Gasteiger partial charge is 0.435 e. The highest BCUT2D eigenvalue weighted by molar-refractivity contribution is 5.78. The molecule has 1 aliphatic carbocycles. The lowest BCUT2D eigenvalue weighted by atomic mass is 10.0. The summed E-state index contributed by atoms with van der Waals surface area (Å²) < 4.78 is 36.9. The van der Waals surface area contributed by atoms with Gasteiger partial charge < -0.3 is 11.1 Å². The average Bonchev–Trinajstić information content (AvgIpc) is 2.77. The minimum Gasteiger partial charge on any atom is -0.369 e. The first-order chi connectivity index (χ1) is 8.88. The molecular weight excluding hydrogens is 261 g/mol. The van der Waals surface area contributed by atoms with E-state index >= 15 is 0 Å². The van der Waals surface area contributed by atoms with Gasteiger partial charge in [-0.3, -0.25) is 4.79 Å². The van der Waals surface area contributed by atoms with Gasteiger partial charge in [-0.05, 0) is 25.0 Å². The molecule has 104 valence electrons. The lowest BCUT2D eigenvalue weighted by Crippen LogP contribution is -2.34. The summed E-state index contributed by atoms with van der Waals surface area (Å²) in [5, 5.41) is 9.49. The Labute approximate surface area is 107 Å². The standard InChI is InChI=1S/C11H13F3N4O/c12-11(13,14)8-4-5-9(18-17-8)16-7-3-1-2-6(7)10(15)19/h4-7H,1-3H2,(H2,15,19)(H,16,18). The highest BCUT2D eigenvalue weighted by Crippen LogP contribution is 2.29. The Kier molecular flexibility index (Phi) is 3.59. The van der Waals surface area contributed by atoms with Crippen molar-refractivity contribution in [2.45, 2.75) is 31.5 Å². The monoisotopic (exact) mass is 274 g/mol.